The maximum atomic E-state index is 11.2. The molecular weight excluding hydrogens is 182 g/mol. The second kappa shape index (κ2) is 4.66. The summed E-state index contributed by atoms with van der Waals surface area (Å²) in [6, 6.07) is 0. The van der Waals surface area contributed by atoms with Crippen LogP contribution in [0.2, 0.25) is 0 Å². The highest BCUT2D eigenvalue weighted by Crippen LogP contribution is 2.12. The fraction of sp³-hybridized carbons (Fsp3) is 0.222. The van der Waals surface area contributed by atoms with Gasteiger partial charge in [-0.3, -0.25) is 0 Å². The quantitative estimate of drug-likeness (QED) is 0.643. The Morgan fingerprint density at radius 1 is 1.31 bits per heavy atom. The summed E-state index contributed by atoms with van der Waals surface area (Å²) in [6.45, 7) is 11.0. The minimum absolute atomic E-state index is 0.397. The van der Waals surface area contributed by atoms with Crippen LogP contribution in [0, 0.1) is 0 Å². The van der Waals surface area contributed by atoms with Crippen LogP contribution in [0.1, 0.15) is 0 Å². The van der Waals surface area contributed by atoms with Crippen LogP contribution in [0.15, 0.2) is 36.8 Å². The van der Waals surface area contributed by atoms with E-state index in [2.05, 4.69) is 24.5 Å². The Hall–Kier alpha value is -1.29. The van der Waals surface area contributed by atoms with Gasteiger partial charge >= 0.3 is 6.09 Å². The van der Waals surface area contributed by atoms with Gasteiger partial charge in [-0.2, -0.15) is 0 Å². The first-order valence-electron chi connectivity index (χ1n) is 3.80. The predicted molar refractivity (Wildman–Crippen MR) is 56.5 cm³/mol. The van der Waals surface area contributed by atoms with Gasteiger partial charge in [0.25, 0.3) is 0 Å². The Labute approximate surface area is 80.1 Å². The third-order valence-corrected chi connectivity index (χ3v) is 5.32. The Morgan fingerprint density at radius 2 is 1.69 bits per heavy atom. The second-order valence-corrected chi connectivity index (χ2v) is 6.20. The molecule has 0 aromatic heterocycles. The van der Waals surface area contributed by atoms with Gasteiger partial charge < -0.3 is 9.30 Å². The molecule has 0 bridgehead atoms. The number of carbonyl (C=O) groups excluding carboxylic acids is 1. The molecule has 0 saturated heterocycles. The molecule has 0 unspecified atom stereocenters. The molecule has 0 rings (SSSR count). The molecule has 0 heterocycles. The first-order valence-corrected chi connectivity index (χ1v) is 5.98. The van der Waals surface area contributed by atoms with E-state index >= 15 is 0 Å². The standard InChI is InChI=1S/C9H15NO2Si/c1-6-13(7-2,8-3)10(4)9(11)12-5/h6-8H,1-3H2,4-5H3. The highest BCUT2D eigenvalue weighted by Gasteiger charge is 2.32. The third kappa shape index (κ3) is 2.09. The number of amides is 1. The summed E-state index contributed by atoms with van der Waals surface area (Å²) in [6.07, 6.45) is -0.397. The summed E-state index contributed by atoms with van der Waals surface area (Å²) in [5.41, 5.74) is 5.14. The van der Waals surface area contributed by atoms with Crippen LogP contribution in [0.4, 0.5) is 4.79 Å². The van der Waals surface area contributed by atoms with Crippen LogP contribution in [0.25, 0.3) is 0 Å². The lowest BCUT2D eigenvalue weighted by molar-refractivity contribution is 0.153. The maximum Gasteiger partial charge on any atom is 0.401 e. The van der Waals surface area contributed by atoms with Crippen molar-refractivity contribution in [1.29, 1.82) is 0 Å². The number of hydrogen-bond acceptors (Lipinski definition) is 2. The molecule has 1 amide bonds. The Kier molecular flexibility index (Phi) is 4.20. The lowest BCUT2D eigenvalue weighted by Gasteiger charge is -2.30. The number of methoxy groups -OCH3 is 1. The Morgan fingerprint density at radius 3 is 1.92 bits per heavy atom. The Balaban J connectivity index is 4.93. The molecule has 0 atom stereocenters. The van der Waals surface area contributed by atoms with Crippen molar-refractivity contribution in [3.63, 3.8) is 0 Å². The molecule has 0 aliphatic carbocycles. The average molecular weight is 197 g/mol. The fourth-order valence-electron chi connectivity index (χ4n) is 0.956. The van der Waals surface area contributed by atoms with E-state index in [1.54, 1.807) is 24.1 Å². The van der Waals surface area contributed by atoms with Crippen molar-refractivity contribution in [2.45, 2.75) is 0 Å². The van der Waals surface area contributed by atoms with Gasteiger partial charge in [-0.15, -0.1) is 19.7 Å². The van der Waals surface area contributed by atoms with E-state index in [0.717, 1.165) is 0 Å². The summed E-state index contributed by atoms with van der Waals surface area (Å²) in [5.74, 6) is 0. The molecule has 0 aromatic rings. The molecule has 0 saturated carbocycles. The first-order chi connectivity index (χ1) is 6.07. The van der Waals surface area contributed by atoms with Crippen LogP contribution in [0.3, 0.4) is 0 Å². The van der Waals surface area contributed by atoms with Gasteiger partial charge in [0.15, 0.2) is 0 Å². The largest absolute Gasteiger partial charge is 0.453 e. The van der Waals surface area contributed by atoms with Crippen molar-refractivity contribution in [1.82, 2.24) is 4.57 Å². The third-order valence-electron chi connectivity index (χ3n) is 2.01. The summed E-state index contributed by atoms with van der Waals surface area (Å²) < 4.78 is 6.10. The molecular formula is C9H15NO2Si. The van der Waals surface area contributed by atoms with Gasteiger partial charge in [-0.25, -0.2) is 4.79 Å². The van der Waals surface area contributed by atoms with E-state index in [1.165, 1.54) is 11.7 Å². The van der Waals surface area contributed by atoms with Crippen molar-refractivity contribution >= 4 is 14.3 Å². The van der Waals surface area contributed by atoms with Gasteiger partial charge in [-0.1, -0.05) is 17.1 Å². The van der Waals surface area contributed by atoms with Crippen molar-refractivity contribution in [2.75, 3.05) is 14.2 Å². The highest BCUT2D eigenvalue weighted by atomic mass is 28.3. The van der Waals surface area contributed by atoms with Crippen LogP contribution < -0.4 is 0 Å². The van der Waals surface area contributed by atoms with Crippen molar-refractivity contribution in [3.05, 3.63) is 36.8 Å². The van der Waals surface area contributed by atoms with Gasteiger partial charge in [0, 0.05) is 7.05 Å². The van der Waals surface area contributed by atoms with Gasteiger partial charge in [0.1, 0.15) is 0 Å². The second-order valence-electron chi connectivity index (χ2n) is 2.53. The lowest BCUT2D eigenvalue weighted by Crippen LogP contribution is -2.50. The van der Waals surface area contributed by atoms with Gasteiger partial charge in [-0.05, 0) is 0 Å². The van der Waals surface area contributed by atoms with E-state index in [0.29, 0.717) is 0 Å². The zero-order valence-corrected chi connectivity index (χ0v) is 9.12. The van der Waals surface area contributed by atoms with Gasteiger partial charge in [0.2, 0.25) is 8.24 Å². The minimum Gasteiger partial charge on any atom is -0.453 e. The molecule has 13 heavy (non-hydrogen) atoms. The normalized spacial score (nSPS) is 10.0. The predicted octanol–water partition coefficient (Wildman–Crippen LogP) is 1.81. The summed E-state index contributed by atoms with van der Waals surface area (Å²) in [4.78, 5) is 11.2. The first kappa shape index (κ1) is 11.7. The number of rotatable bonds is 4. The molecule has 0 aromatic carbocycles. The van der Waals surface area contributed by atoms with Crippen molar-refractivity contribution in [3.8, 4) is 0 Å². The summed E-state index contributed by atoms with van der Waals surface area (Å²) in [7, 11) is 0.742. The highest BCUT2D eigenvalue weighted by molar-refractivity contribution is 6.91. The smallest absolute Gasteiger partial charge is 0.401 e. The monoisotopic (exact) mass is 197 g/mol. The lowest BCUT2D eigenvalue weighted by atomic mass is 11.1. The number of nitrogens with zero attached hydrogens (tertiary/aromatic N) is 1. The average Bonchev–Trinajstić information content (AvgIpc) is 2.20. The zero-order chi connectivity index (χ0) is 10.5. The van der Waals surface area contributed by atoms with Crippen LogP contribution in [0.5, 0.6) is 0 Å². The van der Waals surface area contributed by atoms with E-state index in [-0.39, 0.29) is 0 Å². The minimum atomic E-state index is -2.25. The molecule has 0 radical (unpaired) electrons. The van der Waals surface area contributed by atoms with Crippen LogP contribution in [-0.2, 0) is 4.74 Å². The molecule has 0 N–H and O–H groups in total. The molecule has 0 spiro atoms. The van der Waals surface area contributed by atoms with E-state index in [1.807, 2.05) is 0 Å². The fourth-order valence-corrected chi connectivity index (χ4v) is 2.68. The van der Waals surface area contributed by atoms with Crippen LogP contribution in [-0.4, -0.2) is 33.1 Å². The topological polar surface area (TPSA) is 29.5 Å². The summed E-state index contributed by atoms with van der Waals surface area (Å²) in [5, 5.41) is 0. The summed E-state index contributed by atoms with van der Waals surface area (Å²) >= 11 is 0. The van der Waals surface area contributed by atoms with E-state index < -0.39 is 14.3 Å². The van der Waals surface area contributed by atoms with E-state index in [9.17, 15) is 4.79 Å². The molecule has 0 aliphatic heterocycles. The van der Waals surface area contributed by atoms with Gasteiger partial charge in [0.05, 0.1) is 7.11 Å². The van der Waals surface area contributed by atoms with Crippen molar-refractivity contribution in [2.24, 2.45) is 0 Å². The number of hydrogen-bond donors (Lipinski definition) is 0. The maximum absolute atomic E-state index is 11.2. The zero-order valence-electron chi connectivity index (χ0n) is 8.12. The van der Waals surface area contributed by atoms with Crippen molar-refractivity contribution < 1.29 is 9.53 Å². The Bertz CT molecular complexity index is 216. The molecule has 3 nitrogen and oxygen atoms in total. The van der Waals surface area contributed by atoms with E-state index in [4.69, 9.17) is 0 Å². The molecule has 72 valence electrons. The molecule has 0 fully saturated rings. The van der Waals surface area contributed by atoms with Crippen LogP contribution >= 0.6 is 0 Å². The molecule has 0 aliphatic rings. The molecule has 4 heteroatoms. The SMILES string of the molecule is C=C[Si](C=C)(C=C)N(C)C(=O)OC. The number of carbonyl (C=O) groups is 1. The number of ether oxygens (including phenoxy) is 1.